The Hall–Kier alpha value is -0.900. The number of carbonyl (C=O) groups is 3. The quantitative estimate of drug-likeness (QED) is 0.529. The SMILES string of the molecule is CC(=O)C(Cl)CC(C)C.CC(=O)OC(CC(C)C)C(C)=O. The van der Waals surface area contributed by atoms with Crippen LogP contribution in [-0.4, -0.2) is 29.0 Å². The fourth-order valence-electron chi connectivity index (χ4n) is 1.51. The van der Waals surface area contributed by atoms with Crippen molar-refractivity contribution in [1.29, 1.82) is 0 Å². The van der Waals surface area contributed by atoms with Crippen LogP contribution in [0.5, 0.6) is 0 Å². The second-order valence-electron chi connectivity index (χ2n) is 6.05. The van der Waals surface area contributed by atoms with Crippen LogP contribution < -0.4 is 0 Å². The van der Waals surface area contributed by atoms with E-state index in [1.165, 1.54) is 20.8 Å². The summed E-state index contributed by atoms with van der Waals surface area (Å²) in [4.78, 5) is 32.1. The predicted molar refractivity (Wildman–Crippen MR) is 85.5 cm³/mol. The number of rotatable bonds is 7. The van der Waals surface area contributed by atoms with E-state index in [2.05, 4.69) is 13.8 Å². The molecule has 124 valence electrons. The van der Waals surface area contributed by atoms with Crippen LogP contribution in [0.3, 0.4) is 0 Å². The van der Waals surface area contributed by atoms with Gasteiger partial charge in [-0.2, -0.15) is 0 Å². The second-order valence-corrected chi connectivity index (χ2v) is 6.57. The Kier molecular flexibility index (Phi) is 12.5. The summed E-state index contributed by atoms with van der Waals surface area (Å²) in [6.07, 6.45) is 0.841. The number of carbonyl (C=O) groups excluding carboxylic acids is 3. The molecule has 2 unspecified atom stereocenters. The first-order valence-electron chi connectivity index (χ1n) is 7.29. The van der Waals surface area contributed by atoms with Crippen LogP contribution in [0.1, 0.15) is 61.3 Å². The van der Waals surface area contributed by atoms with Crippen molar-refractivity contribution in [2.75, 3.05) is 0 Å². The van der Waals surface area contributed by atoms with Gasteiger partial charge in [-0.15, -0.1) is 11.6 Å². The van der Waals surface area contributed by atoms with E-state index in [9.17, 15) is 14.4 Å². The summed E-state index contributed by atoms with van der Waals surface area (Å²) in [5, 5.41) is -0.273. The molecule has 0 aliphatic carbocycles. The van der Waals surface area contributed by atoms with Gasteiger partial charge in [0.25, 0.3) is 0 Å². The average Bonchev–Trinajstić information content (AvgIpc) is 2.26. The van der Waals surface area contributed by atoms with Crippen LogP contribution in [0.2, 0.25) is 0 Å². The third kappa shape index (κ3) is 15.3. The average molecular weight is 321 g/mol. The molecule has 0 saturated carbocycles. The van der Waals surface area contributed by atoms with Gasteiger partial charge in [-0.1, -0.05) is 27.7 Å². The van der Waals surface area contributed by atoms with Gasteiger partial charge in [0.1, 0.15) is 5.78 Å². The number of ether oxygens (including phenoxy) is 1. The molecule has 0 amide bonds. The van der Waals surface area contributed by atoms with Gasteiger partial charge in [0.05, 0.1) is 5.38 Å². The summed E-state index contributed by atoms with van der Waals surface area (Å²) in [5.74, 6) is 0.467. The maximum absolute atomic E-state index is 10.9. The molecule has 0 aromatic rings. The molecule has 0 radical (unpaired) electrons. The number of esters is 1. The highest BCUT2D eigenvalue weighted by atomic mass is 35.5. The molecule has 0 fully saturated rings. The Morgan fingerprint density at radius 3 is 1.48 bits per heavy atom. The molecular formula is C16H29ClO4. The molecule has 0 spiro atoms. The first kappa shape index (κ1) is 22.4. The normalized spacial score (nSPS) is 13.2. The fraction of sp³-hybridized carbons (Fsp3) is 0.812. The van der Waals surface area contributed by atoms with Crippen molar-refractivity contribution in [1.82, 2.24) is 0 Å². The number of hydrogen-bond acceptors (Lipinski definition) is 4. The van der Waals surface area contributed by atoms with Crippen molar-refractivity contribution in [3.05, 3.63) is 0 Å². The molecule has 0 bridgehead atoms. The van der Waals surface area contributed by atoms with Crippen LogP contribution in [0.4, 0.5) is 0 Å². The van der Waals surface area contributed by atoms with Gasteiger partial charge in [-0.05, 0) is 38.5 Å². The minimum absolute atomic E-state index is 0.0744. The van der Waals surface area contributed by atoms with Crippen LogP contribution in [0.15, 0.2) is 0 Å². The predicted octanol–water partition coefficient (Wildman–Crippen LogP) is 3.78. The molecule has 5 heteroatoms. The lowest BCUT2D eigenvalue weighted by Crippen LogP contribution is -2.25. The van der Waals surface area contributed by atoms with E-state index in [0.717, 1.165) is 6.42 Å². The van der Waals surface area contributed by atoms with Gasteiger partial charge in [0.15, 0.2) is 11.9 Å². The molecule has 0 saturated heterocycles. The van der Waals surface area contributed by atoms with Gasteiger partial charge >= 0.3 is 5.97 Å². The Labute approximate surface area is 133 Å². The van der Waals surface area contributed by atoms with Crippen molar-refractivity contribution in [2.24, 2.45) is 11.8 Å². The number of alkyl halides is 1. The van der Waals surface area contributed by atoms with E-state index in [4.69, 9.17) is 16.3 Å². The van der Waals surface area contributed by atoms with Crippen molar-refractivity contribution >= 4 is 29.1 Å². The third-order valence-electron chi connectivity index (χ3n) is 2.57. The second kappa shape index (κ2) is 11.7. The first-order valence-corrected chi connectivity index (χ1v) is 7.73. The largest absolute Gasteiger partial charge is 0.455 e. The van der Waals surface area contributed by atoms with Crippen molar-refractivity contribution in [3.8, 4) is 0 Å². The zero-order chi connectivity index (χ0) is 17.2. The summed E-state index contributed by atoms with van der Waals surface area (Å²) in [5.41, 5.74) is 0. The summed E-state index contributed by atoms with van der Waals surface area (Å²) in [6, 6.07) is 0. The molecule has 0 N–H and O–H groups in total. The number of hydrogen-bond donors (Lipinski definition) is 0. The van der Waals surface area contributed by atoms with E-state index in [-0.39, 0.29) is 16.9 Å². The molecule has 0 aliphatic heterocycles. The Morgan fingerprint density at radius 1 is 0.857 bits per heavy atom. The maximum Gasteiger partial charge on any atom is 0.303 e. The van der Waals surface area contributed by atoms with Crippen molar-refractivity contribution < 1.29 is 19.1 Å². The molecule has 2 atom stereocenters. The molecule has 0 aromatic heterocycles. The lowest BCUT2D eigenvalue weighted by atomic mass is 10.0. The molecule has 0 heterocycles. The van der Waals surface area contributed by atoms with Crippen LogP contribution in [0, 0.1) is 11.8 Å². The summed E-state index contributed by atoms with van der Waals surface area (Å²) in [6.45, 7) is 12.4. The molecule has 0 aliphatic rings. The van der Waals surface area contributed by atoms with E-state index in [1.54, 1.807) is 0 Å². The topological polar surface area (TPSA) is 60.4 Å². The zero-order valence-corrected chi connectivity index (χ0v) is 15.0. The zero-order valence-electron chi connectivity index (χ0n) is 14.2. The van der Waals surface area contributed by atoms with Gasteiger partial charge in [0.2, 0.25) is 0 Å². The lowest BCUT2D eigenvalue weighted by molar-refractivity contribution is -0.153. The van der Waals surface area contributed by atoms with Crippen LogP contribution in [-0.2, 0) is 19.1 Å². The Balaban J connectivity index is 0. The maximum atomic E-state index is 10.9. The number of Topliss-reactive ketones (excluding diaryl/α,β-unsaturated/α-hetero) is 2. The van der Waals surface area contributed by atoms with Crippen molar-refractivity contribution in [3.63, 3.8) is 0 Å². The molecule has 0 aromatic carbocycles. The smallest absolute Gasteiger partial charge is 0.303 e. The highest BCUT2D eigenvalue weighted by Gasteiger charge is 2.18. The van der Waals surface area contributed by atoms with E-state index >= 15 is 0 Å². The van der Waals surface area contributed by atoms with Gasteiger partial charge in [0, 0.05) is 6.92 Å². The lowest BCUT2D eigenvalue weighted by Gasteiger charge is -2.15. The van der Waals surface area contributed by atoms with Gasteiger partial charge in [-0.3, -0.25) is 14.4 Å². The minimum atomic E-state index is -0.553. The highest BCUT2D eigenvalue weighted by Crippen LogP contribution is 2.10. The Morgan fingerprint density at radius 2 is 1.29 bits per heavy atom. The third-order valence-corrected chi connectivity index (χ3v) is 3.05. The van der Waals surface area contributed by atoms with Gasteiger partial charge in [-0.25, -0.2) is 0 Å². The van der Waals surface area contributed by atoms with Crippen molar-refractivity contribution in [2.45, 2.75) is 72.8 Å². The standard InChI is InChI=1S/C9H16O3.C7H13ClO/c1-6(2)5-9(7(3)10)12-8(4)11;1-5(2)4-7(8)6(3)9/h6,9H,5H2,1-4H3;5,7H,4H2,1-3H3. The van der Waals surface area contributed by atoms with E-state index in [0.29, 0.717) is 18.3 Å². The molecule has 21 heavy (non-hydrogen) atoms. The number of ketones is 2. The number of halogens is 1. The van der Waals surface area contributed by atoms with Crippen LogP contribution >= 0.6 is 11.6 Å². The Bertz CT molecular complexity index is 337. The fourth-order valence-corrected chi connectivity index (χ4v) is 1.86. The molecule has 0 rings (SSSR count). The summed E-state index contributed by atoms with van der Waals surface area (Å²) < 4.78 is 4.83. The van der Waals surface area contributed by atoms with Gasteiger partial charge < -0.3 is 4.74 Å². The highest BCUT2D eigenvalue weighted by molar-refractivity contribution is 6.30. The summed E-state index contributed by atoms with van der Waals surface area (Å²) >= 11 is 5.66. The summed E-state index contributed by atoms with van der Waals surface area (Å²) in [7, 11) is 0. The monoisotopic (exact) mass is 320 g/mol. The van der Waals surface area contributed by atoms with Crippen LogP contribution in [0.25, 0.3) is 0 Å². The molecule has 4 nitrogen and oxygen atoms in total. The molecular weight excluding hydrogens is 292 g/mol. The minimum Gasteiger partial charge on any atom is -0.455 e. The van der Waals surface area contributed by atoms with E-state index < -0.39 is 12.1 Å². The first-order chi connectivity index (χ1) is 9.47. The van der Waals surface area contributed by atoms with E-state index in [1.807, 2.05) is 13.8 Å².